The van der Waals surface area contributed by atoms with Crippen molar-refractivity contribution in [3.05, 3.63) is 72.2 Å². The van der Waals surface area contributed by atoms with Gasteiger partial charge in [-0.3, -0.25) is 9.78 Å². The van der Waals surface area contributed by atoms with Crippen LogP contribution in [0.2, 0.25) is 0 Å². The number of benzene rings is 1. The predicted molar refractivity (Wildman–Crippen MR) is 103 cm³/mol. The first-order chi connectivity index (χ1) is 12.0. The number of rotatable bonds is 5. The van der Waals surface area contributed by atoms with E-state index in [9.17, 15) is 4.79 Å². The second-order valence-corrected chi connectivity index (χ2v) is 6.50. The molecule has 2 aromatic heterocycles. The Morgan fingerprint density at radius 3 is 2.80 bits per heavy atom. The molecule has 3 rings (SSSR count). The number of allylic oxidation sites excluding steroid dienone is 1. The Hall–Kier alpha value is -2.88. The van der Waals surface area contributed by atoms with Gasteiger partial charge in [0.25, 0.3) is 5.91 Å². The summed E-state index contributed by atoms with van der Waals surface area (Å²) in [6.07, 6.45) is 5.14. The van der Waals surface area contributed by atoms with Gasteiger partial charge in [-0.2, -0.15) is 0 Å². The first-order valence-electron chi connectivity index (χ1n) is 8.48. The van der Waals surface area contributed by atoms with E-state index >= 15 is 0 Å². The molecular weight excluding hydrogens is 310 g/mol. The van der Waals surface area contributed by atoms with Gasteiger partial charge in [0.1, 0.15) is 5.69 Å². The molecule has 0 bridgehead atoms. The zero-order chi connectivity index (χ0) is 18.0. The zero-order valence-corrected chi connectivity index (χ0v) is 14.9. The van der Waals surface area contributed by atoms with Crippen LogP contribution in [-0.2, 0) is 6.54 Å². The lowest BCUT2D eigenvalue weighted by molar-refractivity contribution is 0.101. The summed E-state index contributed by atoms with van der Waals surface area (Å²) in [5.74, 6) is 0.314. The number of nitrogens with zero attached hydrogens (tertiary/aromatic N) is 2. The van der Waals surface area contributed by atoms with E-state index in [4.69, 9.17) is 0 Å². The van der Waals surface area contributed by atoms with Crippen molar-refractivity contribution in [2.24, 2.45) is 0 Å². The van der Waals surface area contributed by atoms with Crippen LogP contribution in [0, 0.1) is 6.92 Å². The maximum absolute atomic E-state index is 12.9. The smallest absolute Gasteiger partial charge is 0.272 e. The summed E-state index contributed by atoms with van der Waals surface area (Å²) >= 11 is 0. The lowest BCUT2D eigenvalue weighted by atomic mass is 10.0. The van der Waals surface area contributed by atoms with Gasteiger partial charge in [0.15, 0.2) is 0 Å². The molecule has 0 fully saturated rings. The van der Waals surface area contributed by atoms with Gasteiger partial charge in [-0.25, -0.2) is 0 Å². The zero-order valence-electron chi connectivity index (χ0n) is 14.9. The highest BCUT2D eigenvalue weighted by Crippen LogP contribution is 2.29. The minimum absolute atomic E-state index is 0.130. The molecule has 2 heterocycles. The number of aryl methyl sites for hydroxylation is 1. The van der Waals surface area contributed by atoms with E-state index in [-0.39, 0.29) is 5.91 Å². The number of carbonyl (C=O) groups excluding carboxylic acids is 1. The summed E-state index contributed by atoms with van der Waals surface area (Å²) < 4.78 is 2.02. The molecule has 0 atom stereocenters. The number of nitrogens with one attached hydrogen (secondary N) is 1. The molecule has 1 amide bonds. The van der Waals surface area contributed by atoms with Crippen molar-refractivity contribution in [3.63, 3.8) is 0 Å². The molecule has 0 saturated carbocycles. The number of anilines is 1. The minimum Gasteiger partial charge on any atom is -0.332 e. The van der Waals surface area contributed by atoms with E-state index in [0.717, 1.165) is 16.5 Å². The van der Waals surface area contributed by atoms with Gasteiger partial charge >= 0.3 is 0 Å². The molecule has 0 spiro atoms. The van der Waals surface area contributed by atoms with Crippen LogP contribution in [0.5, 0.6) is 0 Å². The van der Waals surface area contributed by atoms with Crippen molar-refractivity contribution < 1.29 is 4.79 Å². The largest absolute Gasteiger partial charge is 0.332 e. The summed E-state index contributed by atoms with van der Waals surface area (Å²) in [5, 5.41) is 4.05. The Bertz CT molecular complexity index is 923. The SMILES string of the molecule is C=CCn1c(C(=O)Nc2cccnc2)c(C)c2cc(C(C)C)ccc21. The molecule has 128 valence electrons. The first-order valence-corrected chi connectivity index (χ1v) is 8.48. The molecule has 3 aromatic rings. The number of fused-ring (bicyclic) bond motifs is 1. The molecule has 4 nitrogen and oxygen atoms in total. The van der Waals surface area contributed by atoms with E-state index in [1.54, 1.807) is 18.5 Å². The summed E-state index contributed by atoms with van der Waals surface area (Å²) in [6, 6.07) is 10.1. The third kappa shape index (κ3) is 3.20. The van der Waals surface area contributed by atoms with Crippen LogP contribution in [0.4, 0.5) is 5.69 Å². The average Bonchev–Trinajstić information content (AvgIpc) is 2.88. The van der Waals surface area contributed by atoms with E-state index in [1.807, 2.05) is 23.6 Å². The Kier molecular flexibility index (Phi) is 4.70. The number of amides is 1. The van der Waals surface area contributed by atoms with Crippen molar-refractivity contribution in [2.75, 3.05) is 5.32 Å². The summed E-state index contributed by atoms with van der Waals surface area (Å²) in [7, 11) is 0. The Labute approximate surface area is 148 Å². The van der Waals surface area contributed by atoms with Crippen LogP contribution in [0.3, 0.4) is 0 Å². The van der Waals surface area contributed by atoms with Gasteiger partial charge in [0.05, 0.1) is 11.9 Å². The molecule has 1 aromatic carbocycles. The fraction of sp³-hybridized carbons (Fsp3) is 0.238. The van der Waals surface area contributed by atoms with Crippen LogP contribution in [0.1, 0.15) is 41.4 Å². The molecule has 0 aliphatic carbocycles. The van der Waals surface area contributed by atoms with E-state index in [0.29, 0.717) is 23.8 Å². The minimum atomic E-state index is -0.130. The number of hydrogen-bond acceptors (Lipinski definition) is 2. The van der Waals surface area contributed by atoms with Crippen LogP contribution < -0.4 is 5.32 Å². The predicted octanol–water partition coefficient (Wildman–Crippen LogP) is 4.91. The fourth-order valence-corrected chi connectivity index (χ4v) is 3.14. The van der Waals surface area contributed by atoms with Crippen LogP contribution in [0.15, 0.2) is 55.4 Å². The van der Waals surface area contributed by atoms with Gasteiger partial charge in [0.2, 0.25) is 0 Å². The highest BCUT2D eigenvalue weighted by Gasteiger charge is 2.20. The van der Waals surface area contributed by atoms with E-state index in [1.165, 1.54) is 5.56 Å². The molecule has 1 N–H and O–H groups in total. The summed E-state index contributed by atoms with van der Waals surface area (Å²) in [6.45, 7) is 10.8. The Balaban J connectivity index is 2.12. The normalized spacial score (nSPS) is 11.0. The van der Waals surface area contributed by atoms with Crippen molar-refractivity contribution in [1.82, 2.24) is 9.55 Å². The van der Waals surface area contributed by atoms with E-state index < -0.39 is 0 Å². The maximum Gasteiger partial charge on any atom is 0.272 e. The molecule has 4 heteroatoms. The fourth-order valence-electron chi connectivity index (χ4n) is 3.14. The number of carbonyl (C=O) groups is 1. The third-order valence-electron chi connectivity index (χ3n) is 4.45. The quantitative estimate of drug-likeness (QED) is 0.675. The van der Waals surface area contributed by atoms with Crippen molar-refractivity contribution >= 4 is 22.5 Å². The van der Waals surface area contributed by atoms with Gasteiger partial charge in [-0.1, -0.05) is 26.0 Å². The Morgan fingerprint density at radius 1 is 1.36 bits per heavy atom. The summed E-state index contributed by atoms with van der Waals surface area (Å²) in [4.78, 5) is 17.0. The molecule has 0 radical (unpaired) electrons. The number of pyridine rings is 1. The lowest BCUT2D eigenvalue weighted by Gasteiger charge is -2.10. The second-order valence-electron chi connectivity index (χ2n) is 6.50. The number of hydrogen-bond donors (Lipinski definition) is 1. The topological polar surface area (TPSA) is 46.9 Å². The highest BCUT2D eigenvalue weighted by atomic mass is 16.2. The van der Waals surface area contributed by atoms with E-state index in [2.05, 4.69) is 48.9 Å². The summed E-state index contributed by atoms with van der Waals surface area (Å²) in [5.41, 5.74) is 4.66. The number of aromatic nitrogens is 2. The average molecular weight is 333 g/mol. The maximum atomic E-state index is 12.9. The molecular formula is C21H23N3O. The lowest BCUT2D eigenvalue weighted by Crippen LogP contribution is -2.18. The van der Waals surface area contributed by atoms with Crippen LogP contribution in [-0.4, -0.2) is 15.5 Å². The standard InChI is InChI=1S/C21H23N3O/c1-5-11-24-19-9-8-16(14(2)3)12-18(19)15(4)20(24)21(25)23-17-7-6-10-22-13-17/h5-10,12-14H,1,11H2,2-4H3,(H,23,25). The second kappa shape index (κ2) is 6.93. The Morgan fingerprint density at radius 2 is 2.16 bits per heavy atom. The van der Waals surface area contributed by atoms with Gasteiger partial charge in [-0.05, 0) is 48.2 Å². The van der Waals surface area contributed by atoms with Gasteiger partial charge < -0.3 is 9.88 Å². The molecule has 0 unspecified atom stereocenters. The molecule has 0 aliphatic heterocycles. The molecule has 25 heavy (non-hydrogen) atoms. The molecule has 0 saturated heterocycles. The van der Waals surface area contributed by atoms with Crippen molar-refractivity contribution in [2.45, 2.75) is 33.2 Å². The van der Waals surface area contributed by atoms with Gasteiger partial charge in [-0.15, -0.1) is 6.58 Å². The molecule has 0 aliphatic rings. The van der Waals surface area contributed by atoms with Crippen molar-refractivity contribution in [3.8, 4) is 0 Å². The van der Waals surface area contributed by atoms with Gasteiger partial charge in [0, 0.05) is 23.6 Å². The first kappa shape index (κ1) is 17.0. The highest BCUT2D eigenvalue weighted by molar-refractivity contribution is 6.08. The monoisotopic (exact) mass is 333 g/mol. The van der Waals surface area contributed by atoms with Crippen molar-refractivity contribution in [1.29, 1.82) is 0 Å². The third-order valence-corrected chi connectivity index (χ3v) is 4.45. The van der Waals surface area contributed by atoms with Crippen LogP contribution in [0.25, 0.3) is 10.9 Å². The van der Waals surface area contributed by atoms with Crippen LogP contribution >= 0.6 is 0 Å².